The highest BCUT2D eigenvalue weighted by atomic mass is 16.5. The lowest BCUT2D eigenvalue weighted by Crippen LogP contribution is -2.25. The highest BCUT2D eigenvalue weighted by Gasteiger charge is 2.16. The van der Waals surface area contributed by atoms with Crippen LogP contribution in [-0.4, -0.2) is 19.6 Å². The van der Waals surface area contributed by atoms with Crippen molar-refractivity contribution in [2.45, 2.75) is 26.2 Å². The van der Waals surface area contributed by atoms with E-state index in [1.807, 2.05) is 49.4 Å². The molecule has 0 heterocycles. The molecule has 0 fully saturated rings. The molecular weight excluding hydrogens is 326 g/mol. The lowest BCUT2D eigenvalue weighted by molar-refractivity contribution is -0.121. The molecular formula is C22H25NO3. The third-order valence-corrected chi connectivity index (χ3v) is 4.33. The van der Waals surface area contributed by atoms with Gasteiger partial charge in [0.2, 0.25) is 5.91 Å². The number of ether oxygens (including phenoxy) is 2. The van der Waals surface area contributed by atoms with E-state index in [2.05, 4.69) is 5.92 Å². The number of primary amides is 1. The lowest BCUT2D eigenvalue weighted by Gasteiger charge is -2.15. The molecule has 0 radical (unpaired) electrons. The Morgan fingerprint density at radius 1 is 1.15 bits per heavy atom. The van der Waals surface area contributed by atoms with Crippen molar-refractivity contribution in [3.05, 3.63) is 59.2 Å². The number of carbonyl (C=O) groups is 1. The molecule has 0 spiro atoms. The van der Waals surface area contributed by atoms with Crippen molar-refractivity contribution < 1.29 is 14.3 Å². The summed E-state index contributed by atoms with van der Waals surface area (Å²) in [6.45, 7) is 2.23. The highest BCUT2D eigenvalue weighted by Crippen LogP contribution is 2.29. The van der Waals surface area contributed by atoms with E-state index in [0.717, 1.165) is 17.5 Å². The Kier molecular flexibility index (Phi) is 7.11. The fourth-order valence-electron chi connectivity index (χ4n) is 2.80. The molecule has 2 aromatic carbocycles. The second-order valence-electron chi connectivity index (χ2n) is 6.31. The van der Waals surface area contributed by atoms with Crippen molar-refractivity contribution in [1.29, 1.82) is 0 Å². The van der Waals surface area contributed by atoms with Gasteiger partial charge in [-0.05, 0) is 49.4 Å². The van der Waals surface area contributed by atoms with Gasteiger partial charge in [0.05, 0.1) is 7.11 Å². The summed E-state index contributed by atoms with van der Waals surface area (Å²) in [6, 6.07) is 13.9. The van der Waals surface area contributed by atoms with Crippen LogP contribution in [0.25, 0.3) is 0 Å². The molecule has 1 unspecified atom stereocenters. The molecule has 136 valence electrons. The van der Waals surface area contributed by atoms with Crippen molar-refractivity contribution in [1.82, 2.24) is 0 Å². The summed E-state index contributed by atoms with van der Waals surface area (Å²) in [5, 5.41) is 0. The van der Waals surface area contributed by atoms with Gasteiger partial charge >= 0.3 is 0 Å². The lowest BCUT2D eigenvalue weighted by atomic mass is 9.92. The average molecular weight is 351 g/mol. The monoisotopic (exact) mass is 351 g/mol. The van der Waals surface area contributed by atoms with E-state index in [0.29, 0.717) is 24.3 Å². The van der Waals surface area contributed by atoms with Crippen molar-refractivity contribution in [2.75, 3.05) is 13.7 Å². The molecule has 4 heteroatoms. The number of hydrogen-bond acceptors (Lipinski definition) is 3. The molecule has 2 aromatic rings. The second-order valence-corrected chi connectivity index (χ2v) is 6.31. The van der Waals surface area contributed by atoms with Gasteiger partial charge in [0, 0.05) is 5.92 Å². The SMILES string of the molecule is C#CCOc1ccc(CCC(Cc2ccc(C)cc2)C(N)=O)cc1OC. The third-order valence-electron chi connectivity index (χ3n) is 4.33. The maximum absolute atomic E-state index is 11.8. The summed E-state index contributed by atoms with van der Waals surface area (Å²) in [7, 11) is 1.59. The van der Waals surface area contributed by atoms with Gasteiger partial charge in [-0.2, -0.15) is 0 Å². The van der Waals surface area contributed by atoms with Crippen LogP contribution in [-0.2, 0) is 17.6 Å². The molecule has 0 aliphatic rings. The number of rotatable bonds is 9. The van der Waals surface area contributed by atoms with E-state index < -0.39 is 0 Å². The van der Waals surface area contributed by atoms with E-state index >= 15 is 0 Å². The first-order chi connectivity index (χ1) is 12.5. The van der Waals surface area contributed by atoms with Crippen molar-refractivity contribution in [3.63, 3.8) is 0 Å². The minimum atomic E-state index is -0.272. The average Bonchev–Trinajstić information content (AvgIpc) is 2.65. The molecule has 0 aliphatic heterocycles. The van der Waals surface area contributed by atoms with Crippen molar-refractivity contribution >= 4 is 5.91 Å². The largest absolute Gasteiger partial charge is 0.493 e. The zero-order valence-electron chi connectivity index (χ0n) is 15.3. The Bertz CT molecular complexity index is 775. The number of benzene rings is 2. The van der Waals surface area contributed by atoms with Gasteiger partial charge in [0.1, 0.15) is 6.61 Å². The molecule has 0 aromatic heterocycles. The maximum Gasteiger partial charge on any atom is 0.220 e. The molecule has 1 atom stereocenters. The normalized spacial score (nSPS) is 11.4. The van der Waals surface area contributed by atoms with Crippen LogP contribution < -0.4 is 15.2 Å². The predicted molar refractivity (Wildman–Crippen MR) is 103 cm³/mol. The van der Waals surface area contributed by atoms with Gasteiger partial charge < -0.3 is 15.2 Å². The quantitative estimate of drug-likeness (QED) is 0.705. The molecule has 0 aliphatic carbocycles. The minimum Gasteiger partial charge on any atom is -0.493 e. The first-order valence-corrected chi connectivity index (χ1v) is 8.61. The number of terminal acetylenes is 1. The standard InChI is InChI=1S/C22H25NO3/c1-4-13-26-20-12-10-18(15-21(20)25-3)9-11-19(22(23)24)14-17-7-5-16(2)6-8-17/h1,5-8,10,12,15,19H,9,11,13-14H2,2-3H3,(H2,23,24). The number of hydrogen-bond donors (Lipinski definition) is 1. The Morgan fingerprint density at radius 2 is 1.85 bits per heavy atom. The highest BCUT2D eigenvalue weighted by molar-refractivity contribution is 5.77. The summed E-state index contributed by atoms with van der Waals surface area (Å²) in [5.74, 6) is 3.20. The molecule has 4 nitrogen and oxygen atoms in total. The van der Waals surface area contributed by atoms with E-state index in [-0.39, 0.29) is 18.4 Å². The Morgan fingerprint density at radius 3 is 2.46 bits per heavy atom. The van der Waals surface area contributed by atoms with Crippen molar-refractivity contribution in [2.24, 2.45) is 11.7 Å². The topological polar surface area (TPSA) is 61.5 Å². The van der Waals surface area contributed by atoms with Crippen LogP contribution in [0.2, 0.25) is 0 Å². The number of methoxy groups -OCH3 is 1. The summed E-state index contributed by atoms with van der Waals surface area (Å²) in [6.07, 6.45) is 7.27. The Balaban J connectivity index is 2.03. The number of carbonyl (C=O) groups excluding carboxylic acids is 1. The molecule has 0 saturated carbocycles. The van der Waals surface area contributed by atoms with Gasteiger partial charge in [-0.3, -0.25) is 4.79 Å². The zero-order valence-corrected chi connectivity index (χ0v) is 15.3. The van der Waals surface area contributed by atoms with Crippen LogP contribution in [0, 0.1) is 25.2 Å². The van der Waals surface area contributed by atoms with E-state index in [1.165, 1.54) is 5.56 Å². The fourth-order valence-corrected chi connectivity index (χ4v) is 2.80. The zero-order chi connectivity index (χ0) is 18.9. The Labute approximate surface area is 155 Å². The van der Waals surface area contributed by atoms with Crippen LogP contribution in [0.4, 0.5) is 0 Å². The summed E-state index contributed by atoms with van der Waals surface area (Å²) in [5.41, 5.74) is 8.99. The van der Waals surface area contributed by atoms with Crippen LogP contribution in [0.15, 0.2) is 42.5 Å². The molecule has 0 bridgehead atoms. The molecule has 2 rings (SSSR count). The molecule has 26 heavy (non-hydrogen) atoms. The number of nitrogens with two attached hydrogens (primary N) is 1. The Hall–Kier alpha value is -2.93. The van der Waals surface area contributed by atoms with E-state index in [9.17, 15) is 4.79 Å². The third kappa shape index (κ3) is 5.56. The van der Waals surface area contributed by atoms with E-state index in [4.69, 9.17) is 21.6 Å². The predicted octanol–water partition coefficient (Wildman–Crippen LogP) is 3.29. The first-order valence-electron chi connectivity index (χ1n) is 8.61. The van der Waals surface area contributed by atoms with Crippen LogP contribution >= 0.6 is 0 Å². The second kappa shape index (κ2) is 9.53. The van der Waals surface area contributed by atoms with Crippen LogP contribution in [0.5, 0.6) is 11.5 Å². The first kappa shape index (κ1) is 19.4. The molecule has 2 N–H and O–H groups in total. The van der Waals surface area contributed by atoms with E-state index in [1.54, 1.807) is 7.11 Å². The fraction of sp³-hybridized carbons (Fsp3) is 0.318. The van der Waals surface area contributed by atoms with Crippen molar-refractivity contribution in [3.8, 4) is 23.8 Å². The van der Waals surface area contributed by atoms with Gasteiger partial charge in [-0.1, -0.05) is 41.8 Å². The smallest absolute Gasteiger partial charge is 0.220 e. The maximum atomic E-state index is 11.8. The van der Waals surface area contributed by atoms with Gasteiger partial charge in [0.15, 0.2) is 11.5 Å². The van der Waals surface area contributed by atoms with Gasteiger partial charge in [-0.25, -0.2) is 0 Å². The molecule has 0 saturated heterocycles. The van der Waals surface area contributed by atoms with Gasteiger partial charge in [0.25, 0.3) is 0 Å². The summed E-state index contributed by atoms with van der Waals surface area (Å²) >= 11 is 0. The number of amides is 1. The molecule has 1 amide bonds. The number of aryl methyl sites for hydroxylation is 2. The van der Waals surface area contributed by atoms with Crippen LogP contribution in [0.3, 0.4) is 0 Å². The van der Waals surface area contributed by atoms with Gasteiger partial charge in [-0.15, -0.1) is 6.42 Å². The summed E-state index contributed by atoms with van der Waals surface area (Å²) < 4.78 is 10.8. The summed E-state index contributed by atoms with van der Waals surface area (Å²) in [4.78, 5) is 11.8. The minimum absolute atomic E-state index is 0.190. The van der Waals surface area contributed by atoms with Crippen LogP contribution in [0.1, 0.15) is 23.1 Å².